The Hall–Kier alpha value is -2.15. The van der Waals surface area contributed by atoms with Crippen LogP contribution in [0.4, 0.5) is 16.2 Å². The normalized spacial score (nSPS) is 10.4. The van der Waals surface area contributed by atoms with Gasteiger partial charge in [-0.05, 0) is 45.6 Å². The molecule has 0 aliphatic carbocycles. The maximum Gasteiger partial charge on any atom is 0.319 e. The van der Waals surface area contributed by atoms with Crippen molar-refractivity contribution in [2.75, 3.05) is 32.5 Å². The molecule has 0 saturated heterocycles. The molecule has 0 spiro atoms. The van der Waals surface area contributed by atoms with E-state index < -0.39 is 11.0 Å². The molecular formula is C13H20N4O3. The summed E-state index contributed by atoms with van der Waals surface area (Å²) in [4.78, 5) is 24.1. The molecule has 2 amide bonds. The number of benzene rings is 1. The number of urea groups is 1. The van der Waals surface area contributed by atoms with E-state index in [9.17, 15) is 14.9 Å². The van der Waals surface area contributed by atoms with Crippen molar-refractivity contribution < 1.29 is 9.72 Å². The molecule has 0 aliphatic rings. The van der Waals surface area contributed by atoms with Gasteiger partial charge in [-0.2, -0.15) is 0 Å². The first-order chi connectivity index (χ1) is 9.40. The third kappa shape index (κ3) is 5.23. The fourth-order valence-corrected chi connectivity index (χ4v) is 1.66. The van der Waals surface area contributed by atoms with Crippen molar-refractivity contribution in [3.8, 4) is 0 Å². The third-order valence-electron chi connectivity index (χ3n) is 2.67. The van der Waals surface area contributed by atoms with Crippen molar-refractivity contribution in [3.05, 3.63) is 33.9 Å². The summed E-state index contributed by atoms with van der Waals surface area (Å²) in [6.07, 6.45) is 0.816. The lowest BCUT2D eigenvalue weighted by atomic mass is 10.2. The van der Waals surface area contributed by atoms with Crippen LogP contribution in [0.1, 0.15) is 12.0 Å². The van der Waals surface area contributed by atoms with Gasteiger partial charge in [0.05, 0.1) is 4.92 Å². The summed E-state index contributed by atoms with van der Waals surface area (Å²) < 4.78 is 0. The van der Waals surface area contributed by atoms with Crippen molar-refractivity contribution in [1.29, 1.82) is 0 Å². The molecule has 0 bridgehead atoms. The number of rotatable bonds is 6. The molecule has 7 nitrogen and oxygen atoms in total. The summed E-state index contributed by atoms with van der Waals surface area (Å²) in [5.74, 6) is 0. The Bertz CT molecular complexity index is 489. The van der Waals surface area contributed by atoms with Crippen LogP contribution < -0.4 is 10.6 Å². The number of nitrogens with one attached hydrogen (secondary N) is 2. The van der Waals surface area contributed by atoms with E-state index in [4.69, 9.17) is 0 Å². The zero-order valence-corrected chi connectivity index (χ0v) is 12.0. The van der Waals surface area contributed by atoms with Crippen LogP contribution in [-0.4, -0.2) is 43.0 Å². The number of nitro benzene ring substituents is 1. The maximum absolute atomic E-state index is 11.7. The highest BCUT2D eigenvalue weighted by Crippen LogP contribution is 2.24. The van der Waals surface area contributed by atoms with Crippen molar-refractivity contribution in [2.45, 2.75) is 13.3 Å². The number of amides is 2. The Labute approximate surface area is 118 Å². The number of aryl methyl sites for hydroxylation is 1. The summed E-state index contributed by atoms with van der Waals surface area (Å²) in [5, 5.41) is 16.1. The van der Waals surface area contributed by atoms with E-state index in [1.54, 1.807) is 13.0 Å². The van der Waals surface area contributed by atoms with Crippen LogP contribution in [0.3, 0.4) is 0 Å². The van der Waals surface area contributed by atoms with Gasteiger partial charge in [0, 0.05) is 12.6 Å². The number of carbonyl (C=O) groups is 1. The molecule has 20 heavy (non-hydrogen) atoms. The average Bonchev–Trinajstić information content (AvgIpc) is 2.36. The summed E-state index contributed by atoms with van der Waals surface area (Å²) in [7, 11) is 3.91. The first-order valence-corrected chi connectivity index (χ1v) is 6.35. The number of nitro groups is 1. The maximum atomic E-state index is 11.7. The summed E-state index contributed by atoms with van der Waals surface area (Å²) in [5.41, 5.74) is 0.868. The molecule has 0 atom stereocenters. The Morgan fingerprint density at radius 1 is 1.40 bits per heavy atom. The molecular weight excluding hydrogens is 260 g/mol. The second-order valence-corrected chi connectivity index (χ2v) is 4.82. The molecule has 1 aromatic carbocycles. The van der Waals surface area contributed by atoms with Crippen LogP contribution >= 0.6 is 0 Å². The van der Waals surface area contributed by atoms with Gasteiger partial charge in [0.1, 0.15) is 5.69 Å². The van der Waals surface area contributed by atoms with Crippen LogP contribution in [0.5, 0.6) is 0 Å². The highest BCUT2D eigenvalue weighted by molar-refractivity contribution is 5.91. The molecule has 0 aliphatic heterocycles. The van der Waals surface area contributed by atoms with E-state index in [-0.39, 0.29) is 11.4 Å². The first kappa shape index (κ1) is 15.9. The standard InChI is InChI=1S/C13H20N4O3/c1-10-5-6-11(12(9-10)17(19)20)15-13(18)14-7-4-8-16(2)3/h5-6,9H,4,7-8H2,1-3H3,(H2,14,15,18). The van der Waals surface area contributed by atoms with E-state index >= 15 is 0 Å². The van der Waals surface area contributed by atoms with Gasteiger partial charge in [-0.1, -0.05) is 6.07 Å². The molecule has 7 heteroatoms. The molecule has 110 valence electrons. The van der Waals surface area contributed by atoms with Gasteiger partial charge in [-0.15, -0.1) is 0 Å². The molecule has 1 aromatic rings. The van der Waals surface area contributed by atoms with Crippen LogP contribution in [-0.2, 0) is 0 Å². The quantitative estimate of drug-likeness (QED) is 0.474. The van der Waals surface area contributed by atoms with Crippen LogP contribution in [0, 0.1) is 17.0 Å². The number of anilines is 1. The van der Waals surface area contributed by atoms with Gasteiger partial charge in [-0.3, -0.25) is 10.1 Å². The lowest BCUT2D eigenvalue weighted by Gasteiger charge is -2.11. The lowest BCUT2D eigenvalue weighted by Crippen LogP contribution is -2.31. The average molecular weight is 280 g/mol. The van der Waals surface area contributed by atoms with Gasteiger partial charge in [-0.25, -0.2) is 4.79 Å². The SMILES string of the molecule is Cc1ccc(NC(=O)NCCCN(C)C)c([N+](=O)[O-])c1. The topological polar surface area (TPSA) is 87.5 Å². The summed E-state index contributed by atoms with van der Waals surface area (Å²) in [6, 6.07) is 4.25. The molecule has 0 saturated carbocycles. The van der Waals surface area contributed by atoms with E-state index in [0.29, 0.717) is 6.54 Å². The van der Waals surface area contributed by atoms with Crippen molar-refractivity contribution >= 4 is 17.4 Å². The molecule has 0 radical (unpaired) electrons. The smallest absolute Gasteiger partial charge is 0.319 e. The van der Waals surface area contributed by atoms with Gasteiger partial charge in [0.2, 0.25) is 0 Å². The van der Waals surface area contributed by atoms with E-state index in [1.807, 2.05) is 19.0 Å². The first-order valence-electron chi connectivity index (χ1n) is 6.35. The minimum atomic E-state index is -0.505. The van der Waals surface area contributed by atoms with Crippen molar-refractivity contribution in [1.82, 2.24) is 10.2 Å². The minimum Gasteiger partial charge on any atom is -0.338 e. The van der Waals surface area contributed by atoms with Gasteiger partial charge >= 0.3 is 6.03 Å². The highest BCUT2D eigenvalue weighted by Gasteiger charge is 2.15. The number of carbonyl (C=O) groups excluding carboxylic acids is 1. The van der Waals surface area contributed by atoms with E-state index in [2.05, 4.69) is 10.6 Å². The third-order valence-corrected chi connectivity index (χ3v) is 2.67. The van der Waals surface area contributed by atoms with E-state index in [0.717, 1.165) is 18.5 Å². The number of hydrogen-bond acceptors (Lipinski definition) is 4. The predicted molar refractivity (Wildman–Crippen MR) is 78.0 cm³/mol. The second-order valence-electron chi connectivity index (χ2n) is 4.82. The van der Waals surface area contributed by atoms with Gasteiger partial charge in [0.15, 0.2) is 0 Å². The molecule has 0 unspecified atom stereocenters. The lowest BCUT2D eigenvalue weighted by molar-refractivity contribution is -0.384. The zero-order chi connectivity index (χ0) is 15.1. The highest BCUT2D eigenvalue weighted by atomic mass is 16.6. The number of hydrogen-bond donors (Lipinski definition) is 2. The van der Waals surface area contributed by atoms with Gasteiger partial charge < -0.3 is 15.5 Å². The molecule has 0 fully saturated rings. The van der Waals surface area contributed by atoms with Crippen LogP contribution in [0.25, 0.3) is 0 Å². The van der Waals surface area contributed by atoms with Gasteiger partial charge in [0.25, 0.3) is 5.69 Å². The Kier molecular flexibility index (Phi) is 5.92. The zero-order valence-electron chi connectivity index (χ0n) is 12.0. The molecule has 0 aromatic heterocycles. The van der Waals surface area contributed by atoms with Crippen molar-refractivity contribution in [2.24, 2.45) is 0 Å². The Morgan fingerprint density at radius 3 is 2.70 bits per heavy atom. The Balaban J connectivity index is 2.55. The monoisotopic (exact) mass is 280 g/mol. The fraction of sp³-hybridized carbons (Fsp3) is 0.462. The predicted octanol–water partition coefficient (Wildman–Crippen LogP) is 1.98. The van der Waals surface area contributed by atoms with Crippen molar-refractivity contribution in [3.63, 3.8) is 0 Å². The minimum absolute atomic E-state index is 0.103. The molecule has 1 rings (SSSR count). The second kappa shape index (κ2) is 7.44. The Morgan fingerprint density at radius 2 is 2.10 bits per heavy atom. The largest absolute Gasteiger partial charge is 0.338 e. The van der Waals surface area contributed by atoms with E-state index in [1.165, 1.54) is 12.1 Å². The molecule has 2 N–H and O–H groups in total. The van der Waals surface area contributed by atoms with Crippen LogP contribution in [0.15, 0.2) is 18.2 Å². The fourth-order valence-electron chi connectivity index (χ4n) is 1.66. The summed E-state index contributed by atoms with van der Waals surface area (Å²) in [6.45, 7) is 3.15. The molecule has 0 heterocycles. The summed E-state index contributed by atoms with van der Waals surface area (Å²) >= 11 is 0. The number of nitrogens with zero attached hydrogens (tertiary/aromatic N) is 2. The van der Waals surface area contributed by atoms with Crippen LogP contribution in [0.2, 0.25) is 0 Å².